The number of carboxylic acid groups (broad SMARTS) is 1. The van der Waals surface area contributed by atoms with Gasteiger partial charge in [0.25, 0.3) is 0 Å². The van der Waals surface area contributed by atoms with Crippen molar-refractivity contribution in [3.8, 4) is 5.75 Å². The number of aliphatic carboxylic acids is 1. The highest BCUT2D eigenvalue weighted by Crippen LogP contribution is 2.41. The number of hydrogen-bond donors (Lipinski definition) is 0. The highest BCUT2D eigenvalue weighted by Gasteiger charge is 2.34. The third kappa shape index (κ3) is 4.46. The van der Waals surface area contributed by atoms with Gasteiger partial charge >= 0.3 is 16.1 Å². The third-order valence-corrected chi connectivity index (χ3v) is 7.97. The van der Waals surface area contributed by atoms with Crippen LogP contribution >= 0.6 is 0 Å². The number of cyclic esters (lactones) is 1. The molecule has 8 heteroatoms. The molecule has 1 heterocycles. The van der Waals surface area contributed by atoms with Crippen LogP contribution in [-0.2, 0) is 39.1 Å². The standard InChI is InChI=1S/C26H28O7S/c1-4-20-16(3)22-14-32-26(29)23(22)24(33-34(30,31)19-10-5-15(2)6-11-19)21(20)12-8-17-7-9-18(13-17)25(27)28/h5-6,8,10-11,18H,4,7,9,12-14H2,1-3H3,(H,27,28)/p-1/b17-8+. The molecule has 34 heavy (non-hydrogen) atoms. The quantitative estimate of drug-likeness (QED) is 0.337. The van der Waals surface area contributed by atoms with Gasteiger partial charge in [0.05, 0.1) is 0 Å². The molecule has 2 aromatic carbocycles. The molecule has 2 aliphatic rings. The molecule has 1 aliphatic heterocycles. The van der Waals surface area contributed by atoms with Crippen molar-refractivity contribution in [1.82, 2.24) is 0 Å². The van der Waals surface area contributed by atoms with Crippen LogP contribution in [0.5, 0.6) is 5.75 Å². The van der Waals surface area contributed by atoms with Gasteiger partial charge in [-0.15, -0.1) is 0 Å². The number of benzene rings is 2. The Hall–Kier alpha value is -3.13. The Kier molecular flexibility index (Phi) is 6.53. The SMILES string of the molecule is CCc1c(C)c2c(c(OS(=O)(=O)c3ccc(C)cc3)c1C/C=C1\CCC(C(=O)[O-])C1)C(=O)OC2. The summed E-state index contributed by atoms with van der Waals surface area (Å²) in [5, 5.41) is 11.2. The minimum atomic E-state index is -4.21. The van der Waals surface area contributed by atoms with Crippen LogP contribution in [0.4, 0.5) is 0 Å². The molecule has 2 aromatic rings. The van der Waals surface area contributed by atoms with Crippen LogP contribution in [0.1, 0.15) is 64.4 Å². The van der Waals surface area contributed by atoms with E-state index in [1.54, 1.807) is 12.1 Å². The van der Waals surface area contributed by atoms with Crippen molar-refractivity contribution < 1.29 is 32.0 Å². The van der Waals surface area contributed by atoms with Crippen molar-refractivity contribution in [2.45, 2.75) is 64.4 Å². The van der Waals surface area contributed by atoms with Crippen molar-refractivity contribution >= 4 is 22.1 Å². The van der Waals surface area contributed by atoms with Gasteiger partial charge in [0.1, 0.15) is 17.1 Å². The molecule has 0 N–H and O–H groups in total. The lowest BCUT2D eigenvalue weighted by atomic mass is 9.89. The Morgan fingerprint density at radius 3 is 2.53 bits per heavy atom. The van der Waals surface area contributed by atoms with Crippen LogP contribution in [0.2, 0.25) is 0 Å². The summed E-state index contributed by atoms with van der Waals surface area (Å²) in [6.45, 7) is 5.79. The van der Waals surface area contributed by atoms with Crippen molar-refractivity contribution in [3.63, 3.8) is 0 Å². The molecule has 1 fully saturated rings. The number of carbonyl (C=O) groups is 2. The number of fused-ring (bicyclic) bond motifs is 1. The van der Waals surface area contributed by atoms with E-state index in [9.17, 15) is 23.1 Å². The zero-order valence-corrected chi connectivity index (χ0v) is 20.3. The van der Waals surface area contributed by atoms with E-state index in [4.69, 9.17) is 8.92 Å². The fourth-order valence-corrected chi connectivity index (χ4v) is 5.76. The molecule has 1 saturated carbocycles. The Labute approximate surface area is 199 Å². The molecule has 1 atom stereocenters. The number of rotatable bonds is 7. The first kappa shape index (κ1) is 24.0. The molecule has 0 radical (unpaired) electrons. The highest BCUT2D eigenvalue weighted by molar-refractivity contribution is 7.87. The number of esters is 1. The van der Waals surface area contributed by atoms with Crippen molar-refractivity contribution in [2.75, 3.05) is 0 Å². The van der Waals surface area contributed by atoms with E-state index < -0.39 is 28.0 Å². The summed E-state index contributed by atoms with van der Waals surface area (Å²) in [4.78, 5) is 23.9. The first-order chi connectivity index (χ1) is 16.1. The Bertz CT molecular complexity index is 1290. The van der Waals surface area contributed by atoms with Gasteiger partial charge < -0.3 is 18.8 Å². The van der Waals surface area contributed by atoms with Gasteiger partial charge in [-0.2, -0.15) is 8.42 Å². The predicted molar refractivity (Wildman–Crippen MR) is 123 cm³/mol. The highest BCUT2D eigenvalue weighted by atomic mass is 32.2. The second-order valence-electron chi connectivity index (χ2n) is 8.87. The predicted octanol–water partition coefficient (Wildman–Crippen LogP) is 3.32. The van der Waals surface area contributed by atoms with Crippen LogP contribution in [0, 0.1) is 19.8 Å². The van der Waals surface area contributed by atoms with Crippen LogP contribution in [0.25, 0.3) is 0 Å². The summed E-state index contributed by atoms with van der Waals surface area (Å²) >= 11 is 0. The molecule has 0 aromatic heterocycles. The molecule has 0 spiro atoms. The van der Waals surface area contributed by atoms with E-state index in [2.05, 4.69) is 0 Å². The average Bonchev–Trinajstić information content (AvgIpc) is 3.42. The second-order valence-corrected chi connectivity index (χ2v) is 10.4. The van der Waals surface area contributed by atoms with E-state index in [-0.39, 0.29) is 22.8 Å². The number of carboxylic acids is 1. The van der Waals surface area contributed by atoms with Gasteiger partial charge in [-0.3, -0.25) is 0 Å². The Morgan fingerprint density at radius 2 is 1.91 bits per heavy atom. The number of carbonyl (C=O) groups excluding carboxylic acids is 2. The molecule has 1 unspecified atom stereocenters. The largest absolute Gasteiger partial charge is 0.550 e. The molecule has 0 saturated heterocycles. The number of allylic oxidation sites excluding steroid dienone is 2. The van der Waals surface area contributed by atoms with Crippen LogP contribution in [0.3, 0.4) is 0 Å². The topological polar surface area (TPSA) is 110 Å². The summed E-state index contributed by atoms with van der Waals surface area (Å²) in [7, 11) is -4.21. The van der Waals surface area contributed by atoms with Gasteiger partial charge in [0.2, 0.25) is 0 Å². The van der Waals surface area contributed by atoms with Gasteiger partial charge in [-0.25, -0.2) is 4.79 Å². The van der Waals surface area contributed by atoms with Crippen LogP contribution < -0.4 is 9.29 Å². The van der Waals surface area contributed by atoms with Gasteiger partial charge in [0.15, 0.2) is 5.75 Å². The maximum Gasteiger partial charge on any atom is 0.342 e. The first-order valence-electron chi connectivity index (χ1n) is 11.4. The summed E-state index contributed by atoms with van der Waals surface area (Å²) in [5.74, 6) is -2.17. The van der Waals surface area contributed by atoms with Gasteiger partial charge in [-0.1, -0.05) is 36.3 Å². The normalized spacial score (nSPS) is 18.7. The minimum Gasteiger partial charge on any atom is -0.550 e. The number of ether oxygens (including phenoxy) is 1. The lowest BCUT2D eigenvalue weighted by Gasteiger charge is -2.19. The number of aryl methyl sites for hydroxylation is 1. The molecule has 1 aliphatic carbocycles. The fraction of sp³-hybridized carbons (Fsp3) is 0.385. The number of hydrogen-bond acceptors (Lipinski definition) is 7. The third-order valence-electron chi connectivity index (χ3n) is 6.73. The first-order valence-corrected chi connectivity index (χ1v) is 12.8. The van der Waals surface area contributed by atoms with E-state index in [0.29, 0.717) is 43.2 Å². The maximum absolute atomic E-state index is 13.2. The van der Waals surface area contributed by atoms with Gasteiger partial charge in [-0.05, 0) is 69.2 Å². The maximum atomic E-state index is 13.2. The molecule has 4 rings (SSSR count). The second kappa shape index (κ2) is 9.25. The van der Waals surface area contributed by atoms with E-state index in [1.807, 2.05) is 26.8 Å². The van der Waals surface area contributed by atoms with Gasteiger partial charge in [0, 0.05) is 23.0 Å². The lowest BCUT2D eigenvalue weighted by Crippen LogP contribution is -2.29. The molecule has 0 bridgehead atoms. The zero-order chi connectivity index (χ0) is 24.6. The van der Waals surface area contributed by atoms with Crippen molar-refractivity contribution in [2.24, 2.45) is 5.92 Å². The lowest BCUT2D eigenvalue weighted by molar-refractivity contribution is -0.311. The van der Waals surface area contributed by atoms with Crippen molar-refractivity contribution in [3.05, 3.63) is 69.3 Å². The summed E-state index contributed by atoms with van der Waals surface area (Å²) in [6.07, 6.45) is 4.43. The zero-order valence-electron chi connectivity index (χ0n) is 19.5. The van der Waals surface area contributed by atoms with Crippen LogP contribution in [0.15, 0.2) is 40.8 Å². The minimum absolute atomic E-state index is 0.00580. The van der Waals surface area contributed by atoms with E-state index in [1.165, 1.54) is 12.1 Å². The summed E-state index contributed by atoms with van der Waals surface area (Å²) in [6, 6.07) is 6.30. The molecule has 0 amide bonds. The smallest absolute Gasteiger partial charge is 0.342 e. The Morgan fingerprint density at radius 1 is 1.21 bits per heavy atom. The fourth-order valence-electron chi connectivity index (χ4n) is 4.79. The monoisotopic (exact) mass is 483 g/mol. The molecule has 180 valence electrons. The summed E-state index contributed by atoms with van der Waals surface area (Å²) < 4.78 is 37.3. The Balaban J connectivity index is 1.81. The summed E-state index contributed by atoms with van der Waals surface area (Å²) in [5.41, 5.74) is 5.07. The van der Waals surface area contributed by atoms with E-state index >= 15 is 0 Å². The molecule has 7 nitrogen and oxygen atoms in total. The van der Waals surface area contributed by atoms with E-state index in [0.717, 1.165) is 22.3 Å². The van der Waals surface area contributed by atoms with Crippen LogP contribution in [-0.4, -0.2) is 20.4 Å². The molecular formula is C26H27O7S-. The molecular weight excluding hydrogens is 456 g/mol. The van der Waals surface area contributed by atoms with Crippen molar-refractivity contribution in [1.29, 1.82) is 0 Å². The average molecular weight is 484 g/mol.